The number of fused-ring (bicyclic) bond motifs is 1. The summed E-state index contributed by atoms with van der Waals surface area (Å²) >= 11 is 1.24. The predicted molar refractivity (Wildman–Crippen MR) is 131 cm³/mol. The van der Waals surface area contributed by atoms with E-state index in [1.54, 1.807) is 41.9 Å². The van der Waals surface area contributed by atoms with Crippen molar-refractivity contribution in [2.75, 3.05) is 24.7 Å². The molecule has 2 aliphatic heterocycles. The van der Waals surface area contributed by atoms with Crippen LogP contribution < -0.4 is 19.1 Å². The van der Waals surface area contributed by atoms with E-state index in [1.807, 2.05) is 12.1 Å². The molecular formula is C26H24N2O6S. The van der Waals surface area contributed by atoms with Gasteiger partial charge in [0.15, 0.2) is 16.6 Å². The van der Waals surface area contributed by atoms with Crippen LogP contribution in [0.25, 0.3) is 5.76 Å². The van der Waals surface area contributed by atoms with Crippen LogP contribution in [0.4, 0.5) is 5.13 Å². The lowest BCUT2D eigenvalue weighted by atomic mass is 9.95. The van der Waals surface area contributed by atoms with Crippen LogP contribution >= 0.6 is 11.3 Å². The summed E-state index contributed by atoms with van der Waals surface area (Å²) in [7, 11) is 0. The molecular weight excluding hydrogens is 468 g/mol. The van der Waals surface area contributed by atoms with Crippen LogP contribution in [0.15, 0.2) is 59.6 Å². The van der Waals surface area contributed by atoms with Gasteiger partial charge in [-0.05, 0) is 42.3 Å². The molecule has 2 aliphatic rings. The van der Waals surface area contributed by atoms with Gasteiger partial charge in [-0.2, -0.15) is 0 Å². The van der Waals surface area contributed by atoms with E-state index < -0.39 is 17.7 Å². The Kier molecular flexibility index (Phi) is 6.41. The van der Waals surface area contributed by atoms with Crippen LogP contribution in [0.1, 0.15) is 36.9 Å². The maximum Gasteiger partial charge on any atom is 0.301 e. The minimum absolute atomic E-state index is 0.0208. The molecule has 9 heteroatoms. The lowest BCUT2D eigenvalue weighted by Crippen LogP contribution is -2.29. The Hall–Kier alpha value is -3.85. The Morgan fingerprint density at radius 1 is 1.17 bits per heavy atom. The van der Waals surface area contributed by atoms with Gasteiger partial charge < -0.3 is 19.3 Å². The number of carbonyl (C=O) groups excluding carboxylic acids is 2. The Morgan fingerprint density at radius 3 is 2.77 bits per heavy atom. The average molecular weight is 493 g/mol. The molecule has 0 saturated carbocycles. The molecule has 0 bridgehead atoms. The smallest absolute Gasteiger partial charge is 0.301 e. The molecule has 0 spiro atoms. The maximum atomic E-state index is 13.3. The highest BCUT2D eigenvalue weighted by Crippen LogP contribution is 2.44. The van der Waals surface area contributed by atoms with Crippen molar-refractivity contribution in [1.29, 1.82) is 0 Å². The summed E-state index contributed by atoms with van der Waals surface area (Å²) in [6, 6.07) is 11.3. The zero-order valence-corrected chi connectivity index (χ0v) is 19.9. The van der Waals surface area contributed by atoms with Gasteiger partial charge in [-0.15, -0.1) is 11.3 Å². The van der Waals surface area contributed by atoms with Gasteiger partial charge in [0.2, 0.25) is 0 Å². The molecule has 35 heavy (non-hydrogen) atoms. The van der Waals surface area contributed by atoms with Crippen LogP contribution in [0.5, 0.6) is 17.2 Å². The Morgan fingerprint density at radius 2 is 2.00 bits per heavy atom. The lowest BCUT2D eigenvalue weighted by Gasteiger charge is -2.23. The quantitative estimate of drug-likeness (QED) is 0.221. The largest absolute Gasteiger partial charge is 0.507 e. The highest BCUT2D eigenvalue weighted by molar-refractivity contribution is 7.14. The molecule has 180 valence electrons. The van der Waals surface area contributed by atoms with Crippen molar-refractivity contribution >= 4 is 33.9 Å². The molecule has 2 aromatic carbocycles. The third-order valence-corrected chi connectivity index (χ3v) is 6.60. The van der Waals surface area contributed by atoms with Gasteiger partial charge in [-0.3, -0.25) is 14.5 Å². The van der Waals surface area contributed by atoms with Crippen LogP contribution in [-0.2, 0) is 9.59 Å². The van der Waals surface area contributed by atoms with E-state index in [-0.39, 0.29) is 11.3 Å². The van der Waals surface area contributed by atoms with Crippen LogP contribution in [0.2, 0.25) is 0 Å². The number of amides is 1. The van der Waals surface area contributed by atoms with Crippen molar-refractivity contribution < 1.29 is 28.9 Å². The summed E-state index contributed by atoms with van der Waals surface area (Å²) < 4.78 is 17.1. The molecule has 1 N–H and O–H groups in total. The first-order valence-electron chi connectivity index (χ1n) is 11.4. The van der Waals surface area contributed by atoms with Crippen molar-refractivity contribution in [3.8, 4) is 17.2 Å². The molecule has 0 aliphatic carbocycles. The number of aliphatic hydroxyl groups is 1. The van der Waals surface area contributed by atoms with Crippen molar-refractivity contribution in [1.82, 2.24) is 4.98 Å². The summed E-state index contributed by atoms with van der Waals surface area (Å²) in [4.78, 5) is 32.1. The van der Waals surface area contributed by atoms with E-state index in [9.17, 15) is 14.7 Å². The second-order valence-electron chi connectivity index (χ2n) is 8.12. The SMILES string of the molecule is CCCCOc1cccc([C@@H]2/C(=C(\O)c3ccc4c(c3)OCCO4)C(=O)C(=O)N2c2nccs2)c1. The number of aliphatic hydroxyl groups excluding tert-OH is 1. The summed E-state index contributed by atoms with van der Waals surface area (Å²) in [6.45, 7) is 3.47. The van der Waals surface area contributed by atoms with Crippen molar-refractivity contribution in [2.24, 2.45) is 0 Å². The van der Waals surface area contributed by atoms with Gasteiger partial charge in [0.05, 0.1) is 18.2 Å². The molecule has 8 nitrogen and oxygen atoms in total. The number of hydrogen-bond donors (Lipinski definition) is 1. The summed E-state index contributed by atoms with van der Waals surface area (Å²) in [5.41, 5.74) is 0.965. The van der Waals surface area contributed by atoms with E-state index in [4.69, 9.17) is 14.2 Å². The number of ketones is 1. The predicted octanol–water partition coefficient (Wildman–Crippen LogP) is 4.72. The third kappa shape index (κ3) is 4.35. The van der Waals surface area contributed by atoms with Crippen LogP contribution in [0, 0.1) is 0 Å². The maximum absolute atomic E-state index is 13.3. The molecule has 1 fully saturated rings. The number of anilines is 1. The first-order valence-corrected chi connectivity index (χ1v) is 12.3. The highest BCUT2D eigenvalue weighted by Gasteiger charge is 2.48. The number of benzene rings is 2. The molecule has 1 atom stereocenters. The van der Waals surface area contributed by atoms with Gasteiger partial charge in [-0.25, -0.2) is 4.98 Å². The number of aromatic nitrogens is 1. The fraction of sp³-hybridized carbons (Fsp3) is 0.269. The number of thiazole rings is 1. The summed E-state index contributed by atoms with van der Waals surface area (Å²) in [6.07, 6.45) is 3.48. The van der Waals surface area contributed by atoms with Crippen molar-refractivity contribution in [3.05, 3.63) is 70.7 Å². The fourth-order valence-corrected chi connectivity index (χ4v) is 4.80. The third-order valence-electron chi connectivity index (χ3n) is 5.83. The lowest BCUT2D eigenvalue weighted by molar-refractivity contribution is -0.132. The molecule has 1 saturated heterocycles. The zero-order valence-electron chi connectivity index (χ0n) is 19.1. The van der Waals surface area contributed by atoms with E-state index in [2.05, 4.69) is 11.9 Å². The Labute approximate surface area is 206 Å². The van der Waals surface area contributed by atoms with Crippen molar-refractivity contribution in [2.45, 2.75) is 25.8 Å². The van der Waals surface area contributed by atoms with E-state index in [0.29, 0.717) is 53.3 Å². The van der Waals surface area contributed by atoms with Gasteiger partial charge in [0, 0.05) is 17.1 Å². The first kappa shape index (κ1) is 22.9. The number of nitrogens with zero attached hydrogens (tertiary/aromatic N) is 2. The van der Waals surface area contributed by atoms with Gasteiger partial charge >= 0.3 is 5.91 Å². The Bertz CT molecular complexity index is 1290. The Balaban J connectivity index is 1.62. The normalized spacial score (nSPS) is 18.7. The summed E-state index contributed by atoms with van der Waals surface area (Å²) in [5.74, 6) is -0.167. The van der Waals surface area contributed by atoms with E-state index in [0.717, 1.165) is 12.8 Å². The molecule has 0 radical (unpaired) electrons. The van der Waals surface area contributed by atoms with Gasteiger partial charge in [-0.1, -0.05) is 25.5 Å². The van der Waals surface area contributed by atoms with Gasteiger partial charge in [0.1, 0.15) is 24.7 Å². The number of unbranched alkanes of at least 4 members (excludes halogenated alkanes) is 1. The summed E-state index contributed by atoms with van der Waals surface area (Å²) in [5, 5.41) is 13.4. The van der Waals surface area contributed by atoms with E-state index >= 15 is 0 Å². The second-order valence-corrected chi connectivity index (χ2v) is 8.99. The molecule has 3 aromatic rings. The number of carbonyl (C=O) groups is 2. The number of ether oxygens (including phenoxy) is 3. The molecule has 0 unspecified atom stereocenters. The first-order chi connectivity index (χ1) is 17.1. The monoisotopic (exact) mass is 492 g/mol. The van der Waals surface area contributed by atoms with Crippen LogP contribution in [-0.4, -0.2) is 41.6 Å². The minimum Gasteiger partial charge on any atom is -0.507 e. The second kappa shape index (κ2) is 9.79. The van der Waals surface area contributed by atoms with Gasteiger partial charge in [0.25, 0.3) is 5.78 Å². The zero-order chi connectivity index (χ0) is 24.4. The van der Waals surface area contributed by atoms with E-state index in [1.165, 1.54) is 16.2 Å². The fourth-order valence-electron chi connectivity index (χ4n) is 4.14. The molecule has 1 aromatic heterocycles. The standard InChI is InChI=1S/C26H24N2O6S/c1-2-3-10-32-18-6-4-5-16(14-18)22-21(24(30)25(31)28(22)26-27-9-13-35-26)23(29)17-7-8-19-20(15-17)34-12-11-33-19/h4-9,13-15,22,29H,2-3,10-12H2,1H3/b23-21+/t22-/m1/s1. The molecule has 5 rings (SSSR count). The highest BCUT2D eigenvalue weighted by atomic mass is 32.1. The average Bonchev–Trinajstić information content (AvgIpc) is 3.50. The number of Topliss-reactive ketones (excluding diaryl/α,β-unsaturated/α-hetero) is 1. The van der Waals surface area contributed by atoms with Crippen LogP contribution in [0.3, 0.4) is 0 Å². The topological polar surface area (TPSA) is 98.2 Å². The molecule has 1 amide bonds. The molecule has 3 heterocycles. The number of rotatable bonds is 7. The number of hydrogen-bond acceptors (Lipinski definition) is 8. The minimum atomic E-state index is -0.871. The van der Waals surface area contributed by atoms with Crippen molar-refractivity contribution in [3.63, 3.8) is 0 Å².